The van der Waals surface area contributed by atoms with Crippen molar-refractivity contribution in [2.45, 2.75) is 41.6 Å². The fourth-order valence-electron chi connectivity index (χ4n) is 2.97. The third-order valence-electron chi connectivity index (χ3n) is 4.00. The van der Waals surface area contributed by atoms with Gasteiger partial charge in [-0.1, -0.05) is 54.1 Å². The second-order valence-electron chi connectivity index (χ2n) is 6.45. The molecule has 0 heterocycles. The molecule has 0 saturated carbocycles. The molecule has 0 spiro atoms. The van der Waals surface area contributed by atoms with Gasteiger partial charge in [-0.05, 0) is 45.0 Å². The van der Waals surface area contributed by atoms with Gasteiger partial charge in [0.25, 0.3) is 0 Å². The van der Waals surface area contributed by atoms with Crippen molar-refractivity contribution >= 4 is 16.9 Å². The van der Waals surface area contributed by atoms with Crippen LogP contribution in [0.15, 0.2) is 87.5 Å². The van der Waals surface area contributed by atoms with E-state index in [2.05, 4.69) is 93.6 Å². The predicted molar refractivity (Wildman–Crippen MR) is 107 cm³/mol. The highest BCUT2D eigenvalue weighted by atomic mass is 32.2. The zero-order valence-electron chi connectivity index (χ0n) is 16.3. The van der Waals surface area contributed by atoms with Crippen LogP contribution in [-0.4, -0.2) is 12.1 Å². The lowest BCUT2D eigenvalue weighted by molar-refractivity contribution is -0.344. The van der Waals surface area contributed by atoms with Crippen LogP contribution in [0.5, 0.6) is 0 Å². The van der Waals surface area contributed by atoms with Gasteiger partial charge in [-0.3, -0.25) is 0 Å². The van der Waals surface area contributed by atoms with Crippen LogP contribution in [0.25, 0.3) is 0 Å². The van der Waals surface area contributed by atoms with Gasteiger partial charge in [0.1, 0.15) is 5.97 Å². The van der Waals surface area contributed by atoms with E-state index in [1.54, 1.807) is 0 Å². The monoisotopic (exact) mass is 418 g/mol. The summed E-state index contributed by atoms with van der Waals surface area (Å²) in [7, 11) is -0.0460. The first kappa shape index (κ1) is 22.6. The summed E-state index contributed by atoms with van der Waals surface area (Å²) in [4.78, 5) is 13.0. The normalized spacial score (nSPS) is 11.0. The van der Waals surface area contributed by atoms with Crippen molar-refractivity contribution in [2.75, 3.05) is 0 Å². The summed E-state index contributed by atoms with van der Waals surface area (Å²) in [5, 5.41) is 8.78. The highest BCUT2D eigenvalue weighted by molar-refractivity contribution is 7.97. The maximum Gasteiger partial charge on any atom is 0.430 e. The highest BCUT2D eigenvalue weighted by Crippen LogP contribution is 2.35. The van der Waals surface area contributed by atoms with Crippen molar-refractivity contribution in [3.63, 3.8) is 0 Å². The van der Waals surface area contributed by atoms with Gasteiger partial charge >= 0.3 is 6.18 Å². The summed E-state index contributed by atoms with van der Waals surface area (Å²) in [6, 6.07) is 26.3. The zero-order chi connectivity index (χ0) is 21.6. The third-order valence-corrected chi connectivity index (χ3v) is 6.54. The maximum absolute atomic E-state index is 10.5. The van der Waals surface area contributed by atoms with Crippen LogP contribution in [0.2, 0.25) is 0 Å². The molecule has 29 heavy (non-hydrogen) atoms. The topological polar surface area (TPSA) is 40.1 Å². The Kier molecular flexibility index (Phi) is 7.51. The Morgan fingerprint density at radius 1 is 0.793 bits per heavy atom. The molecule has 0 aliphatic heterocycles. The van der Waals surface area contributed by atoms with Crippen LogP contribution in [0.3, 0.4) is 0 Å². The lowest BCUT2D eigenvalue weighted by Crippen LogP contribution is -2.37. The molecule has 0 aromatic heterocycles. The van der Waals surface area contributed by atoms with Gasteiger partial charge < -0.3 is 9.90 Å². The molecule has 0 atom stereocenters. The van der Waals surface area contributed by atoms with Crippen LogP contribution in [0.1, 0.15) is 16.7 Å². The lowest BCUT2D eigenvalue weighted by Gasteiger charge is -2.13. The fraction of sp³-hybridized carbons (Fsp3) is 0.174. The Morgan fingerprint density at radius 2 is 1.14 bits per heavy atom. The number of rotatable bonds is 3. The molecule has 2 nitrogen and oxygen atoms in total. The Morgan fingerprint density at radius 3 is 1.45 bits per heavy atom. The summed E-state index contributed by atoms with van der Waals surface area (Å²) in [5.74, 6) is -3.01. The number of carbonyl (C=O) groups excluding carboxylic acids is 1. The van der Waals surface area contributed by atoms with Gasteiger partial charge in [0.15, 0.2) is 14.7 Å². The number of hydrogen-bond donors (Lipinski definition) is 0. The van der Waals surface area contributed by atoms with E-state index in [0.717, 1.165) is 0 Å². The molecule has 0 N–H and O–H groups in total. The van der Waals surface area contributed by atoms with Crippen LogP contribution >= 0.6 is 0 Å². The Balaban J connectivity index is 0.000000370. The van der Waals surface area contributed by atoms with E-state index < -0.39 is 12.1 Å². The first-order valence-corrected chi connectivity index (χ1v) is 10.0. The Hall–Kier alpha value is -2.73. The van der Waals surface area contributed by atoms with Gasteiger partial charge in [-0.25, -0.2) is 0 Å². The molecule has 0 bridgehead atoms. The molecular weight excluding hydrogens is 397 g/mol. The van der Waals surface area contributed by atoms with Gasteiger partial charge in [-0.2, -0.15) is 13.2 Å². The van der Waals surface area contributed by atoms with E-state index in [-0.39, 0.29) is 10.9 Å². The van der Waals surface area contributed by atoms with E-state index in [4.69, 9.17) is 9.90 Å². The number of hydrogen-bond acceptors (Lipinski definition) is 2. The molecule has 0 saturated heterocycles. The minimum Gasteiger partial charge on any atom is -0.542 e. The van der Waals surface area contributed by atoms with Gasteiger partial charge in [-0.15, -0.1) is 0 Å². The largest absolute Gasteiger partial charge is 0.542 e. The van der Waals surface area contributed by atoms with E-state index in [1.165, 1.54) is 31.4 Å². The van der Waals surface area contributed by atoms with Crippen LogP contribution in [0, 0.1) is 20.8 Å². The highest BCUT2D eigenvalue weighted by Gasteiger charge is 2.31. The molecule has 3 rings (SSSR count). The van der Waals surface area contributed by atoms with Crippen molar-refractivity contribution in [1.82, 2.24) is 0 Å². The molecule has 0 fully saturated rings. The molecule has 0 unspecified atom stereocenters. The number of aliphatic carboxylic acids is 1. The van der Waals surface area contributed by atoms with Crippen molar-refractivity contribution < 1.29 is 23.1 Å². The number of carboxylic acids is 1. The number of carboxylic acid groups (broad SMARTS) is 1. The first-order valence-electron chi connectivity index (χ1n) is 8.81. The smallest absolute Gasteiger partial charge is 0.430 e. The van der Waals surface area contributed by atoms with Crippen LogP contribution in [-0.2, 0) is 15.7 Å². The summed E-state index contributed by atoms with van der Waals surface area (Å²) in [6.07, 6.45) is -5.19. The molecule has 0 radical (unpaired) electrons. The summed E-state index contributed by atoms with van der Waals surface area (Å²) in [5.41, 5.74) is 4.10. The molecule has 0 aliphatic rings. The minimum absolute atomic E-state index is 0.0460. The zero-order valence-corrected chi connectivity index (χ0v) is 17.1. The number of halogens is 3. The molecule has 0 amide bonds. The SMILES string of the molecule is Cc1cc(C)c([S+](c2ccccc2)c2ccccc2)c(C)c1.O=C([O-])C(F)(F)F. The quantitative estimate of drug-likeness (QED) is 0.561. The molecular formula is C23H21F3O2S. The Bertz CT molecular complexity index is 892. The number of carbonyl (C=O) groups is 1. The van der Waals surface area contributed by atoms with Crippen molar-refractivity contribution in [1.29, 1.82) is 0 Å². The minimum atomic E-state index is -5.19. The number of benzene rings is 3. The Labute approximate surface area is 171 Å². The molecule has 0 aliphatic carbocycles. The van der Waals surface area contributed by atoms with E-state index in [9.17, 15) is 13.2 Å². The fourth-order valence-corrected chi connectivity index (χ4v) is 5.34. The second kappa shape index (κ2) is 9.65. The number of alkyl halides is 3. The third kappa shape index (κ3) is 6.12. The summed E-state index contributed by atoms with van der Waals surface area (Å²) in [6.45, 7) is 6.65. The predicted octanol–water partition coefficient (Wildman–Crippen LogP) is 5.01. The summed E-state index contributed by atoms with van der Waals surface area (Å²) >= 11 is 0. The average molecular weight is 418 g/mol. The maximum atomic E-state index is 10.5. The van der Waals surface area contributed by atoms with E-state index >= 15 is 0 Å². The van der Waals surface area contributed by atoms with Gasteiger partial charge in [0, 0.05) is 11.1 Å². The standard InChI is InChI=1S/C21H21S.C2HF3O2/c1-16-14-17(2)21(18(3)15-16)22(19-10-6-4-7-11-19)20-12-8-5-9-13-20;3-2(4,5)1(6)7/h4-15H,1-3H3;(H,6,7)/q+1;/p-1. The van der Waals surface area contributed by atoms with Crippen molar-refractivity contribution in [3.05, 3.63) is 89.5 Å². The van der Waals surface area contributed by atoms with E-state index in [0.29, 0.717) is 0 Å². The van der Waals surface area contributed by atoms with Gasteiger partial charge in [0.05, 0.1) is 10.9 Å². The molecule has 3 aromatic carbocycles. The van der Waals surface area contributed by atoms with Crippen molar-refractivity contribution in [3.8, 4) is 0 Å². The molecule has 3 aromatic rings. The second-order valence-corrected chi connectivity index (χ2v) is 8.41. The number of aryl methyl sites for hydroxylation is 3. The van der Waals surface area contributed by atoms with Crippen LogP contribution in [0.4, 0.5) is 13.2 Å². The first-order chi connectivity index (χ1) is 13.6. The van der Waals surface area contributed by atoms with E-state index in [1.807, 2.05) is 0 Å². The molecule has 6 heteroatoms. The van der Waals surface area contributed by atoms with Crippen molar-refractivity contribution in [2.24, 2.45) is 0 Å². The lowest BCUT2D eigenvalue weighted by atomic mass is 10.1. The van der Waals surface area contributed by atoms with Crippen LogP contribution < -0.4 is 5.11 Å². The molecule has 152 valence electrons. The summed E-state index contributed by atoms with van der Waals surface area (Å²) < 4.78 is 31.5. The van der Waals surface area contributed by atoms with Gasteiger partial charge in [0.2, 0.25) is 0 Å². The average Bonchev–Trinajstić information content (AvgIpc) is 2.65.